The quantitative estimate of drug-likeness (QED) is 0.0432. The molecule has 0 saturated carbocycles. The number of aromatic hydroxyl groups is 1. The molecule has 0 aromatic heterocycles. The van der Waals surface area contributed by atoms with Gasteiger partial charge >= 0.3 is 11.9 Å². The van der Waals surface area contributed by atoms with Crippen LogP contribution < -0.4 is 0 Å². The fourth-order valence-corrected chi connectivity index (χ4v) is 4.45. The highest BCUT2D eigenvalue weighted by atomic mass is 16.5. The minimum absolute atomic E-state index is 0.0201. The van der Waals surface area contributed by atoms with E-state index in [1.165, 1.54) is 102 Å². The highest BCUT2D eigenvalue weighted by Gasteiger charge is 2.06. The first-order chi connectivity index (χ1) is 21.3. The van der Waals surface area contributed by atoms with Crippen molar-refractivity contribution in [3.8, 4) is 5.75 Å². The van der Waals surface area contributed by atoms with E-state index in [4.69, 9.17) is 14.9 Å². The fourth-order valence-electron chi connectivity index (χ4n) is 4.45. The van der Waals surface area contributed by atoms with Crippen LogP contribution in [0.25, 0.3) is 0 Å². The molecule has 0 saturated heterocycles. The molecule has 0 unspecified atom stereocenters. The van der Waals surface area contributed by atoms with Crippen LogP contribution in [0.15, 0.2) is 43.0 Å². The van der Waals surface area contributed by atoms with Gasteiger partial charge in [-0.3, -0.25) is 4.79 Å². The summed E-state index contributed by atoms with van der Waals surface area (Å²) in [6, 6.07) is 5.30. The molecule has 0 atom stereocenters. The molecule has 1 aromatic carbocycles. The lowest BCUT2D eigenvalue weighted by Crippen LogP contribution is -2.01. The molecule has 44 heavy (non-hydrogen) atoms. The predicted molar refractivity (Wildman–Crippen MR) is 181 cm³/mol. The van der Waals surface area contributed by atoms with Gasteiger partial charge in [0, 0.05) is 18.3 Å². The largest absolute Gasteiger partial charge is 0.507 e. The summed E-state index contributed by atoms with van der Waals surface area (Å²) in [5.41, 5.74) is 1.59. The average molecular weight is 619 g/mol. The molecule has 252 valence electrons. The van der Waals surface area contributed by atoms with Crippen molar-refractivity contribution in [1.82, 2.24) is 0 Å². The molecule has 7 heteroatoms. The lowest BCUT2D eigenvalue weighted by atomic mass is 10.0. The molecular weight excluding hydrogens is 556 g/mol. The minimum atomic E-state index is -0.983. The monoisotopic (exact) mass is 618 g/mol. The number of aliphatic carboxylic acids is 1. The molecule has 0 radical (unpaired) electrons. The number of rotatable bonds is 25. The number of benzene rings is 1. The van der Waals surface area contributed by atoms with Crippen LogP contribution in [0.3, 0.4) is 0 Å². The van der Waals surface area contributed by atoms with Crippen LogP contribution in [0.2, 0.25) is 0 Å². The van der Waals surface area contributed by atoms with Gasteiger partial charge in [-0.1, -0.05) is 135 Å². The summed E-state index contributed by atoms with van der Waals surface area (Å²) in [7, 11) is 0. The van der Waals surface area contributed by atoms with Crippen LogP contribution >= 0.6 is 0 Å². The Labute approximate surface area is 267 Å². The van der Waals surface area contributed by atoms with Crippen molar-refractivity contribution < 1.29 is 34.4 Å². The molecule has 0 spiro atoms. The Morgan fingerprint density at radius 2 is 1.30 bits per heavy atom. The summed E-state index contributed by atoms with van der Waals surface area (Å²) in [5, 5.41) is 26.1. The second-order valence-corrected chi connectivity index (χ2v) is 11.1. The molecule has 1 aromatic rings. The number of unbranched alkanes of at least 4 members (excludes halogenated alkanes) is 15. The summed E-state index contributed by atoms with van der Waals surface area (Å²) in [6.07, 6.45) is 25.5. The number of hydrogen-bond donors (Lipinski definition) is 3. The number of carboxylic acids is 1. The molecule has 0 aliphatic rings. The van der Waals surface area contributed by atoms with Gasteiger partial charge in [-0.15, -0.1) is 0 Å². The predicted octanol–water partition coefficient (Wildman–Crippen LogP) is 9.53. The van der Waals surface area contributed by atoms with E-state index in [1.807, 2.05) is 6.07 Å². The van der Waals surface area contributed by atoms with Gasteiger partial charge in [0.2, 0.25) is 0 Å². The van der Waals surface area contributed by atoms with Gasteiger partial charge in [0.25, 0.3) is 0 Å². The van der Waals surface area contributed by atoms with Crippen molar-refractivity contribution in [2.75, 3.05) is 13.2 Å². The first-order valence-electron chi connectivity index (χ1n) is 16.9. The fraction of sp³-hybridized carbons (Fsp3) is 0.649. The summed E-state index contributed by atoms with van der Waals surface area (Å²) in [5.74, 6) is -1.19. The maximum absolute atomic E-state index is 10.9. The van der Waals surface area contributed by atoms with Gasteiger partial charge in [-0.25, -0.2) is 9.59 Å². The maximum atomic E-state index is 10.9. The van der Waals surface area contributed by atoms with Gasteiger partial charge in [0.05, 0.1) is 12.2 Å². The third-order valence-corrected chi connectivity index (χ3v) is 7.19. The molecular formula is C37H62O7. The standard InChI is InChI=1S/C16H24O2.C15H28O2.C6H10O3/c1-2-3-4-5-6-7-8-10-14-11-9-12-16(18)15(14)13-17;1-3-5-6-7-8-9-10-11-12-13-14-17-15(16)4-2;1-5(6(8)9)3-2-4-7/h9,11-13,18H,2-8,10H2,1H3;4H,2-3,5-14H2,1H3;7H,1-4H2,(H,8,9). The molecule has 0 heterocycles. The number of carbonyl (C=O) groups is 3. The second kappa shape index (κ2) is 33.0. The summed E-state index contributed by atoms with van der Waals surface area (Å²) in [4.78, 5) is 31.7. The van der Waals surface area contributed by atoms with E-state index in [0.717, 1.165) is 31.1 Å². The van der Waals surface area contributed by atoms with Crippen molar-refractivity contribution in [2.24, 2.45) is 0 Å². The number of phenolic OH excluding ortho intramolecular Hbond substituents is 1. The molecule has 0 amide bonds. The van der Waals surface area contributed by atoms with E-state index >= 15 is 0 Å². The van der Waals surface area contributed by atoms with Crippen LogP contribution in [0.4, 0.5) is 0 Å². The molecule has 3 N–H and O–H groups in total. The average Bonchev–Trinajstić information content (AvgIpc) is 3.02. The van der Waals surface area contributed by atoms with Crippen molar-refractivity contribution in [3.63, 3.8) is 0 Å². The summed E-state index contributed by atoms with van der Waals surface area (Å²) in [6.45, 7) is 11.7. The van der Waals surface area contributed by atoms with Crippen LogP contribution in [-0.4, -0.2) is 46.8 Å². The Hall–Kier alpha value is -2.93. The summed E-state index contributed by atoms with van der Waals surface area (Å²) < 4.78 is 4.91. The lowest BCUT2D eigenvalue weighted by Gasteiger charge is -2.06. The number of carboxylic acid groups (broad SMARTS) is 1. The number of aryl methyl sites for hydroxylation is 1. The number of aliphatic hydroxyl groups is 1. The number of aliphatic hydroxyl groups excluding tert-OH is 1. The SMILES string of the molecule is C=C(CCCO)C(=O)O.C=CC(=O)OCCCCCCCCCCCC.CCCCCCCCCc1cccc(O)c1C=O. The maximum Gasteiger partial charge on any atom is 0.330 e. The normalized spacial score (nSPS) is 10.1. The van der Waals surface area contributed by atoms with E-state index in [2.05, 4.69) is 27.0 Å². The molecule has 7 nitrogen and oxygen atoms in total. The van der Waals surface area contributed by atoms with Gasteiger partial charge in [0.1, 0.15) is 5.75 Å². The first kappa shape index (κ1) is 43.2. The third kappa shape index (κ3) is 27.9. The number of phenols is 1. The Bertz CT molecular complexity index is 879. The van der Waals surface area contributed by atoms with Gasteiger partial charge in [0.15, 0.2) is 6.29 Å². The molecule has 0 bridgehead atoms. The van der Waals surface area contributed by atoms with Gasteiger partial charge in [-0.2, -0.15) is 0 Å². The topological polar surface area (TPSA) is 121 Å². The second-order valence-electron chi connectivity index (χ2n) is 11.1. The van der Waals surface area contributed by atoms with Crippen molar-refractivity contribution in [3.05, 3.63) is 54.1 Å². The number of aldehydes is 1. The number of hydrogen-bond acceptors (Lipinski definition) is 6. The number of carbonyl (C=O) groups excluding carboxylic acids is 2. The zero-order valence-electron chi connectivity index (χ0n) is 27.8. The highest BCUT2D eigenvalue weighted by molar-refractivity contribution is 5.85. The van der Waals surface area contributed by atoms with Crippen molar-refractivity contribution in [1.29, 1.82) is 0 Å². The minimum Gasteiger partial charge on any atom is -0.507 e. The van der Waals surface area contributed by atoms with E-state index in [1.54, 1.807) is 12.1 Å². The zero-order chi connectivity index (χ0) is 33.3. The van der Waals surface area contributed by atoms with Gasteiger partial charge in [-0.05, 0) is 43.7 Å². The smallest absolute Gasteiger partial charge is 0.330 e. The Morgan fingerprint density at radius 1 is 0.795 bits per heavy atom. The highest BCUT2D eigenvalue weighted by Crippen LogP contribution is 2.21. The Morgan fingerprint density at radius 3 is 1.75 bits per heavy atom. The van der Waals surface area contributed by atoms with Crippen LogP contribution in [0.1, 0.15) is 152 Å². The third-order valence-electron chi connectivity index (χ3n) is 7.19. The molecule has 0 aliphatic carbocycles. The van der Waals surface area contributed by atoms with Crippen LogP contribution in [0, 0.1) is 0 Å². The zero-order valence-corrected chi connectivity index (χ0v) is 27.8. The number of esters is 1. The first-order valence-corrected chi connectivity index (χ1v) is 16.9. The van der Waals surface area contributed by atoms with E-state index in [0.29, 0.717) is 25.0 Å². The van der Waals surface area contributed by atoms with Crippen molar-refractivity contribution >= 4 is 18.2 Å². The number of ether oxygens (including phenoxy) is 1. The Balaban J connectivity index is 0. The summed E-state index contributed by atoms with van der Waals surface area (Å²) >= 11 is 0. The molecule has 0 fully saturated rings. The van der Waals surface area contributed by atoms with Crippen LogP contribution in [-0.2, 0) is 20.7 Å². The van der Waals surface area contributed by atoms with Gasteiger partial charge < -0.3 is 20.1 Å². The van der Waals surface area contributed by atoms with E-state index in [9.17, 15) is 19.5 Å². The lowest BCUT2D eigenvalue weighted by molar-refractivity contribution is -0.138. The van der Waals surface area contributed by atoms with E-state index < -0.39 is 5.97 Å². The van der Waals surface area contributed by atoms with Crippen molar-refractivity contribution in [2.45, 2.75) is 142 Å². The molecule has 0 aliphatic heterocycles. The van der Waals surface area contributed by atoms with Crippen LogP contribution in [0.5, 0.6) is 5.75 Å². The Kier molecular flexibility index (Phi) is 32.4. The molecule has 1 rings (SSSR count). The van der Waals surface area contributed by atoms with E-state index in [-0.39, 0.29) is 23.9 Å².